The Labute approximate surface area is 216 Å². The van der Waals surface area contributed by atoms with E-state index in [0.29, 0.717) is 33.6 Å². The highest BCUT2D eigenvalue weighted by molar-refractivity contribution is 5.95. The second kappa shape index (κ2) is 12.3. The molecule has 0 spiro atoms. The highest BCUT2D eigenvalue weighted by Gasteiger charge is 2.16. The first-order chi connectivity index (χ1) is 17.7. The van der Waals surface area contributed by atoms with Crippen LogP contribution in [-0.2, 0) is 13.0 Å². The maximum Gasteiger partial charge on any atom is 0.167 e. The summed E-state index contributed by atoms with van der Waals surface area (Å²) in [6, 6.07) is 1.59. The number of pyridine rings is 1. The Morgan fingerprint density at radius 3 is 2.68 bits per heavy atom. The number of nitrogens with two attached hydrogens (primary N) is 1. The number of nitrogens with one attached hydrogen (secondary N) is 1. The normalized spacial score (nSPS) is 13.4. The van der Waals surface area contributed by atoms with Crippen molar-refractivity contribution >= 4 is 23.7 Å². The topological polar surface area (TPSA) is 81.1 Å². The summed E-state index contributed by atoms with van der Waals surface area (Å²) < 4.78 is 32.3. The Hall–Kier alpha value is -4.07. The molecule has 6 nitrogen and oxygen atoms in total. The molecular formula is C29H34F2N6. The van der Waals surface area contributed by atoms with Gasteiger partial charge < -0.3 is 15.6 Å². The molecule has 0 bridgehead atoms. The SMILES string of the molecule is C=C(/C=c1/cc(-c2cncc(N)c2C)c(F)c(F)/c1=C/C)NC(/C=C(\C)CCn1ccnc1CC)=N/C. The van der Waals surface area contributed by atoms with Gasteiger partial charge in [0.05, 0.1) is 11.9 Å². The number of hydrogen-bond acceptors (Lipinski definition) is 4. The van der Waals surface area contributed by atoms with E-state index >= 15 is 8.78 Å². The molecule has 3 aromatic rings. The van der Waals surface area contributed by atoms with Crippen molar-refractivity contribution in [3.63, 3.8) is 0 Å². The summed E-state index contributed by atoms with van der Waals surface area (Å²) >= 11 is 0. The molecule has 194 valence electrons. The number of aryl methyl sites for hydroxylation is 2. The molecule has 0 amide bonds. The molecule has 8 heteroatoms. The molecular weight excluding hydrogens is 470 g/mol. The standard InChI is InChI=1S/C29H34F2N6/c1-7-22-21(15-23(29(31)28(22)30)24-16-34-17-25(32)20(24)5)14-19(4)36-26(33-6)13-18(3)9-11-37-12-10-35-27(37)8-2/h7,10,12-17H,4,8-9,11,32H2,1-3,5-6H3,(H,33,36)/b18-13+,21-14-,22-7+. The predicted molar refractivity (Wildman–Crippen MR) is 148 cm³/mol. The van der Waals surface area contributed by atoms with Gasteiger partial charge in [-0.05, 0) is 56.2 Å². The minimum atomic E-state index is -0.946. The first kappa shape index (κ1) is 27.5. The van der Waals surface area contributed by atoms with Crippen LogP contribution in [0.5, 0.6) is 0 Å². The van der Waals surface area contributed by atoms with Crippen molar-refractivity contribution in [3.05, 3.63) is 88.2 Å². The summed E-state index contributed by atoms with van der Waals surface area (Å²) in [5.74, 6) is -0.220. The first-order valence-corrected chi connectivity index (χ1v) is 12.2. The zero-order valence-corrected chi connectivity index (χ0v) is 22.1. The molecule has 1 aromatic carbocycles. The maximum atomic E-state index is 15.1. The third-order valence-corrected chi connectivity index (χ3v) is 6.22. The summed E-state index contributed by atoms with van der Waals surface area (Å²) in [5.41, 5.74) is 9.12. The number of aliphatic imine (C=N–C) groups is 1. The molecule has 3 rings (SSSR count). The van der Waals surface area contributed by atoms with Crippen LogP contribution in [0.1, 0.15) is 38.6 Å². The Balaban J connectivity index is 1.89. The molecule has 0 fully saturated rings. The number of amidine groups is 1. The van der Waals surface area contributed by atoms with Gasteiger partial charge in [-0.2, -0.15) is 0 Å². The molecule has 0 saturated carbocycles. The van der Waals surface area contributed by atoms with Gasteiger partial charge in [-0.3, -0.25) is 9.98 Å². The summed E-state index contributed by atoms with van der Waals surface area (Å²) in [6.45, 7) is 12.4. The second-order valence-corrected chi connectivity index (χ2v) is 8.78. The molecule has 0 unspecified atom stereocenters. The van der Waals surface area contributed by atoms with Gasteiger partial charge in [-0.1, -0.05) is 25.2 Å². The number of benzene rings is 1. The van der Waals surface area contributed by atoms with E-state index in [0.717, 1.165) is 30.8 Å². The van der Waals surface area contributed by atoms with Crippen molar-refractivity contribution in [3.8, 4) is 11.1 Å². The summed E-state index contributed by atoms with van der Waals surface area (Å²) in [4.78, 5) is 12.7. The van der Waals surface area contributed by atoms with Gasteiger partial charge in [0.15, 0.2) is 11.6 Å². The molecule has 37 heavy (non-hydrogen) atoms. The van der Waals surface area contributed by atoms with Gasteiger partial charge in [0.2, 0.25) is 0 Å². The number of rotatable bonds is 8. The monoisotopic (exact) mass is 504 g/mol. The number of nitrogen functional groups attached to an aromatic ring is 1. The fourth-order valence-electron chi connectivity index (χ4n) is 4.09. The quantitative estimate of drug-likeness (QED) is 0.351. The summed E-state index contributed by atoms with van der Waals surface area (Å²) in [7, 11) is 1.68. The Morgan fingerprint density at radius 2 is 2.00 bits per heavy atom. The zero-order chi connectivity index (χ0) is 27.1. The van der Waals surface area contributed by atoms with Gasteiger partial charge >= 0.3 is 0 Å². The molecule has 2 aromatic heterocycles. The molecule has 0 atom stereocenters. The van der Waals surface area contributed by atoms with Gasteiger partial charge in [0.1, 0.15) is 11.7 Å². The lowest BCUT2D eigenvalue weighted by atomic mass is 9.99. The van der Waals surface area contributed by atoms with Crippen LogP contribution in [0.2, 0.25) is 0 Å². The third-order valence-electron chi connectivity index (χ3n) is 6.22. The first-order valence-electron chi connectivity index (χ1n) is 12.2. The second-order valence-electron chi connectivity index (χ2n) is 8.78. The molecule has 0 aliphatic heterocycles. The van der Waals surface area contributed by atoms with E-state index in [1.54, 1.807) is 33.0 Å². The smallest absolute Gasteiger partial charge is 0.167 e. The van der Waals surface area contributed by atoms with Gasteiger partial charge in [-0.25, -0.2) is 13.8 Å². The number of nitrogens with zero attached hydrogens (tertiary/aromatic N) is 4. The molecule has 2 heterocycles. The van der Waals surface area contributed by atoms with E-state index < -0.39 is 11.6 Å². The van der Waals surface area contributed by atoms with E-state index in [4.69, 9.17) is 5.73 Å². The number of imidazole rings is 1. The molecule has 0 aliphatic rings. The van der Waals surface area contributed by atoms with Crippen molar-refractivity contribution in [1.29, 1.82) is 0 Å². The van der Waals surface area contributed by atoms with Crippen molar-refractivity contribution in [2.75, 3.05) is 12.8 Å². The maximum absolute atomic E-state index is 15.1. The van der Waals surface area contributed by atoms with Crippen LogP contribution in [0.3, 0.4) is 0 Å². The van der Waals surface area contributed by atoms with Gasteiger partial charge in [-0.15, -0.1) is 0 Å². The average molecular weight is 505 g/mol. The third kappa shape index (κ3) is 6.39. The molecule has 0 aliphatic carbocycles. The van der Waals surface area contributed by atoms with E-state index in [2.05, 4.69) is 38.3 Å². The van der Waals surface area contributed by atoms with Crippen molar-refractivity contribution in [2.24, 2.45) is 4.99 Å². The number of halogens is 2. The lowest BCUT2D eigenvalue weighted by Crippen LogP contribution is -2.31. The zero-order valence-electron chi connectivity index (χ0n) is 22.1. The number of hydrogen-bond donors (Lipinski definition) is 2. The van der Waals surface area contributed by atoms with E-state index in [1.165, 1.54) is 18.5 Å². The minimum absolute atomic E-state index is 0.0884. The number of anilines is 1. The Morgan fingerprint density at radius 1 is 1.24 bits per heavy atom. The van der Waals surface area contributed by atoms with Crippen LogP contribution in [0, 0.1) is 18.6 Å². The van der Waals surface area contributed by atoms with Gasteiger partial charge in [0, 0.05) is 60.6 Å². The van der Waals surface area contributed by atoms with Gasteiger partial charge in [0.25, 0.3) is 0 Å². The lowest BCUT2D eigenvalue weighted by Gasteiger charge is -2.11. The Bertz CT molecular complexity index is 1480. The van der Waals surface area contributed by atoms with Crippen LogP contribution < -0.4 is 21.5 Å². The largest absolute Gasteiger partial charge is 0.397 e. The average Bonchev–Trinajstić information content (AvgIpc) is 3.34. The van der Waals surface area contributed by atoms with Crippen LogP contribution in [0.25, 0.3) is 23.3 Å². The Kier molecular flexibility index (Phi) is 9.11. The highest BCUT2D eigenvalue weighted by Crippen LogP contribution is 2.27. The summed E-state index contributed by atoms with van der Waals surface area (Å²) in [5, 5.41) is 3.79. The van der Waals surface area contributed by atoms with Crippen molar-refractivity contribution in [1.82, 2.24) is 19.9 Å². The van der Waals surface area contributed by atoms with Crippen LogP contribution in [0.4, 0.5) is 14.5 Å². The van der Waals surface area contributed by atoms with Crippen LogP contribution in [0.15, 0.2) is 59.8 Å². The van der Waals surface area contributed by atoms with Crippen LogP contribution >= 0.6 is 0 Å². The highest BCUT2D eigenvalue weighted by atomic mass is 19.2. The fraction of sp³-hybridized carbons (Fsp3) is 0.276. The van der Waals surface area contributed by atoms with Crippen molar-refractivity contribution < 1.29 is 8.78 Å². The van der Waals surface area contributed by atoms with Crippen molar-refractivity contribution in [2.45, 2.75) is 47.1 Å². The van der Waals surface area contributed by atoms with E-state index in [9.17, 15) is 0 Å². The predicted octanol–water partition coefficient (Wildman–Crippen LogP) is 4.43. The minimum Gasteiger partial charge on any atom is -0.397 e. The summed E-state index contributed by atoms with van der Waals surface area (Å²) in [6.07, 6.45) is 13.6. The number of allylic oxidation sites excluding steroid dienone is 2. The lowest BCUT2D eigenvalue weighted by molar-refractivity contribution is 0.504. The number of aromatic nitrogens is 3. The fourth-order valence-corrected chi connectivity index (χ4v) is 4.09. The van der Waals surface area contributed by atoms with Crippen LogP contribution in [-0.4, -0.2) is 27.4 Å². The van der Waals surface area contributed by atoms with E-state index in [-0.39, 0.29) is 10.8 Å². The molecule has 0 radical (unpaired) electrons. The molecule has 3 N–H and O–H groups in total. The molecule has 0 saturated heterocycles. The van der Waals surface area contributed by atoms with E-state index in [1.807, 2.05) is 25.4 Å².